The summed E-state index contributed by atoms with van der Waals surface area (Å²) < 4.78 is 10.2. The van der Waals surface area contributed by atoms with E-state index in [4.69, 9.17) is 9.47 Å². The molecule has 2 atom stereocenters. The van der Waals surface area contributed by atoms with Gasteiger partial charge >= 0.3 is 11.9 Å². The van der Waals surface area contributed by atoms with Crippen molar-refractivity contribution in [1.29, 1.82) is 0 Å². The molecule has 1 aromatic rings. The third kappa shape index (κ3) is 4.35. The molecule has 0 amide bonds. The van der Waals surface area contributed by atoms with E-state index in [9.17, 15) is 9.59 Å². The highest BCUT2D eigenvalue weighted by atomic mass is 16.5. The summed E-state index contributed by atoms with van der Waals surface area (Å²) in [6, 6.07) is 10.0. The molecule has 0 radical (unpaired) electrons. The monoisotopic (exact) mass is 343 g/mol. The number of carbonyl (C=O) groups is 2. The highest BCUT2D eigenvalue weighted by molar-refractivity contribution is 6.05. The van der Waals surface area contributed by atoms with Crippen LogP contribution in [0.5, 0.6) is 0 Å². The zero-order chi connectivity index (χ0) is 18.4. The minimum Gasteiger partial charge on any atom is -0.468 e. The normalized spacial score (nSPS) is 20.1. The second-order valence-electron chi connectivity index (χ2n) is 6.10. The van der Waals surface area contributed by atoms with Crippen LogP contribution in [0, 0.1) is 11.8 Å². The maximum atomic E-state index is 12.5. The first-order chi connectivity index (χ1) is 12.0. The third-order valence-electron chi connectivity index (χ3n) is 4.49. The van der Waals surface area contributed by atoms with Gasteiger partial charge in [0.15, 0.2) is 0 Å². The Morgan fingerprint density at radius 1 is 1.16 bits per heavy atom. The molecule has 2 rings (SSSR count). The number of nitrogens with zero attached hydrogens (tertiary/aromatic N) is 1. The van der Waals surface area contributed by atoms with Crippen molar-refractivity contribution in [3.05, 3.63) is 47.2 Å². The number of rotatable bonds is 6. The molecule has 0 aromatic heterocycles. The number of aliphatic imine (C=N–C) groups is 1. The van der Waals surface area contributed by atoms with Crippen molar-refractivity contribution in [1.82, 2.24) is 0 Å². The Morgan fingerprint density at radius 3 is 2.44 bits per heavy atom. The number of methoxy groups -OCH3 is 1. The zero-order valence-electron chi connectivity index (χ0n) is 15.2. The minimum atomic E-state index is -0.559. The molecule has 0 fully saturated rings. The number of carbonyl (C=O) groups excluding carboxylic acids is 2. The van der Waals surface area contributed by atoms with Crippen LogP contribution in [0.15, 0.2) is 46.6 Å². The summed E-state index contributed by atoms with van der Waals surface area (Å²) >= 11 is 0. The maximum absolute atomic E-state index is 12.5. The Kier molecular flexibility index (Phi) is 6.51. The van der Waals surface area contributed by atoms with Gasteiger partial charge in [0.1, 0.15) is 5.92 Å². The topological polar surface area (TPSA) is 65.0 Å². The molecule has 0 aliphatic carbocycles. The van der Waals surface area contributed by atoms with Crippen molar-refractivity contribution < 1.29 is 19.1 Å². The first-order valence-corrected chi connectivity index (χ1v) is 8.54. The number of aryl methyl sites for hydroxylation is 1. The first kappa shape index (κ1) is 18.9. The van der Waals surface area contributed by atoms with E-state index >= 15 is 0 Å². The number of ether oxygens (including phenoxy) is 2. The molecule has 0 bridgehead atoms. The molecule has 2 unspecified atom stereocenters. The number of allylic oxidation sites excluding steroid dienone is 1. The molecule has 25 heavy (non-hydrogen) atoms. The standard InChI is InChI=1S/C20H25NO4/c1-5-25-20(23)18-14(3)21-13(2)17(19(22)24-4)16(18)12-11-15-9-7-6-8-10-15/h6-10,16-17H,5,11-12H2,1-4H3. The van der Waals surface area contributed by atoms with Gasteiger partial charge in [-0.15, -0.1) is 0 Å². The predicted molar refractivity (Wildman–Crippen MR) is 96.2 cm³/mol. The van der Waals surface area contributed by atoms with Crippen LogP contribution in [0.1, 0.15) is 32.8 Å². The average molecular weight is 343 g/mol. The van der Waals surface area contributed by atoms with E-state index in [2.05, 4.69) is 4.99 Å². The van der Waals surface area contributed by atoms with Gasteiger partial charge in [-0.2, -0.15) is 0 Å². The van der Waals surface area contributed by atoms with E-state index in [0.717, 1.165) is 12.0 Å². The van der Waals surface area contributed by atoms with Crippen molar-refractivity contribution >= 4 is 17.7 Å². The van der Waals surface area contributed by atoms with E-state index in [1.807, 2.05) is 37.3 Å². The van der Waals surface area contributed by atoms with Gasteiger partial charge in [-0.1, -0.05) is 30.3 Å². The van der Waals surface area contributed by atoms with Gasteiger partial charge in [0, 0.05) is 17.3 Å². The smallest absolute Gasteiger partial charge is 0.336 e. The van der Waals surface area contributed by atoms with Crippen LogP contribution in [0.25, 0.3) is 0 Å². The first-order valence-electron chi connectivity index (χ1n) is 8.54. The lowest BCUT2D eigenvalue weighted by molar-refractivity contribution is -0.145. The van der Waals surface area contributed by atoms with E-state index in [-0.39, 0.29) is 18.5 Å². The fraction of sp³-hybridized carbons (Fsp3) is 0.450. The van der Waals surface area contributed by atoms with Crippen molar-refractivity contribution in [3.63, 3.8) is 0 Å². The lowest BCUT2D eigenvalue weighted by atomic mass is 9.76. The molecule has 5 heteroatoms. The van der Waals surface area contributed by atoms with Gasteiger partial charge < -0.3 is 9.47 Å². The Bertz CT molecular complexity index is 691. The molecule has 134 valence electrons. The molecule has 0 spiro atoms. The van der Waals surface area contributed by atoms with Crippen LogP contribution in [0.2, 0.25) is 0 Å². The maximum Gasteiger partial charge on any atom is 0.336 e. The van der Waals surface area contributed by atoms with Crippen molar-refractivity contribution in [2.45, 2.75) is 33.6 Å². The summed E-state index contributed by atoms with van der Waals surface area (Å²) in [7, 11) is 1.36. The van der Waals surface area contributed by atoms with Gasteiger partial charge in [0.05, 0.1) is 19.3 Å². The molecular formula is C20H25NO4. The average Bonchev–Trinajstić information content (AvgIpc) is 2.60. The fourth-order valence-electron chi connectivity index (χ4n) is 3.37. The summed E-state index contributed by atoms with van der Waals surface area (Å²) in [5.74, 6) is -1.63. The molecular weight excluding hydrogens is 318 g/mol. The van der Waals surface area contributed by atoms with E-state index in [0.29, 0.717) is 23.4 Å². The van der Waals surface area contributed by atoms with Gasteiger partial charge in [-0.25, -0.2) is 4.79 Å². The Morgan fingerprint density at radius 2 is 1.84 bits per heavy atom. The Hall–Kier alpha value is -2.43. The fourth-order valence-corrected chi connectivity index (χ4v) is 3.37. The minimum absolute atomic E-state index is 0.284. The number of esters is 2. The van der Waals surface area contributed by atoms with Crippen LogP contribution in [-0.2, 0) is 25.5 Å². The second-order valence-corrected chi connectivity index (χ2v) is 6.10. The van der Waals surface area contributed by atoms with Crippen LogP contribution in [0.4, 0.5) is 0 Å². The summed E-state index contributed by atoms with van der Waals surface area (Å²) in [6.45, 7) is 5.65. The summed E-state index contributed by atoms with van der Waals surface area (Å²) in [6.07, 6.45) is 1.39. The molecule has 1 aliphatic heterocycles. The predicted octanol–water partition coefficient (Wildman–Crippen LogP) is 3.34. The lowest BCUT2D eigenvalue weighted by Gasteiger charge is -2.31. The molecule has 0 N–H and O–H groups in total. The van der Waals surface area contributed by atoms with Crippen molar-refractivity contribution in [2.24, 2.45) is 16.8 Å². The van der Waals surface area contributed by atoms with Gasteiger partial charge in [-0.05, 0) is 39.2 Å². The van der Waals surface area contributed by atoms with Crippen LogP contribution < -0.4 is 0 Å². The molecule has 0 saturated carbocycles. The van der Waals surface area contributed by atoms with Gasteiger partial charge in [0.2, 0.25) is 0 Å². The van der Waals surface area contributed by atoms with Gasteiger partial charge in [-0.3, -0.25) is 9.79 Å². The number of hydrogen-bond acceptors (Lipinski definition) is 5. The molecule has 5 nitrogen and oxygen atoms in total. The van der Waals surface area contributed by atoms with Crippen LogP contribution >= 0.6 is 0 Å². The zero-order valence-corrected chi connectivity index (χ0v) is 15.2. The number of benzene rings is 1. The van der Waals surface area contributed by atoms with Crippen LogP contribution in [0.3, 0.4) is 0 Å². The highest BCUT2D eigenvalue weighted by Gasteiger charge is 2.40. The lowest BCUT2D eigenvalue weighted by Crippen LogP contribution is -2.37. The summed E-state index contributed by atoms with van der Waals surface area (Å²) in [4.78, 5) is 29.3. The highest BCUT2D eigenvalue weighted by Crippen LogP contribution is 2.35. The Labute approximate surface area is 148 Å². The van der Waals surface area contributed by atoms with E-state index in [1.165, 1.54) is 7.11 Å². The molecule has 1 aromatic carbocycles. The van der Waals surface area contributed by atoms with E-state index < -0.39 is 11.9 Å². The Balaban J connectivity index is 2.36. The second kappa shape index (κ2) is 8.60. The van der Waals surface area contributed by atoms with E-state index in [1.54, 1.807) is 13.8 Å². The summed E-state index contributed by atoms with van der Waals surface area (Å²) in [5, 5.41) is 0. The molecule has 0 saturated heterocycles. The summed E-state index contributed by atoms with van der Waals surface area (Å²) in [5.41, 5.74) is 2.94. The SMILES string of the molecule is CCOC(=O)C1=C(C)N=C(C)C(C(=O)OC)C1CCc1ccccc1. The largest absolute Gasteiger partial charge is 0.468 e. The molecule has 1 aliphatic rings. The van der Waals surface area contributed by atoms with Crippen molar-refractivity contribution in [2.75, 3.05) is 13.7 Å². The molecule has 1 heterocycles. The van der Waals surface area contributed by atoms with Gasteiger partial charge in [0.25, 0.3) is 0 Å². The third-order valence-corrected chi connectivity index (χ3v) is 4.49. The van der Waals surface area contributed by atoms with Crippen LogP contribution in [-0.4, -0.2) is 31.4 Å². The van der Waals surface area contributed by atoms with Crippen molar-refractivity contribution in [3.8, 4) is 0 Å². The quantitative estimate of drug-likeness (QED) is 0.743. The number of hydrogen-bond donors (Lipinski definition) is 0.